The van der Waals surface area contributed by atoms with Gasteiger partial charge in [-0.15, -0.1) is 0 Å². The molecule has 0 aromatic heterocycles. The first kappa shape index (κ1) is 7.06. The lowest BCUT2D eigenvalue weighted by Crippen LogP contribution is -2.71. The Kier molecular flexibility index (Phi) is 1.13. The Morgan fingerprint density at radius 3 is 2.64 bits per heavy atom. The normalized spacial score (nSPS) is 46.7. The van der Waals surface area contributed by atoms with Crippen molar-refractivity contribution in [1.82, 2.24) is 5.32 Å². The Labute approximate surface area is 65.1 Å². The molecule has 2 saturated heterocycles. The number of ether oxygens (including phenoxy) is 1. The number of carbonyl (C=O) groups excluding carboxylic acids is 1. The van der Waals surface area contributed by atoms with E-state index in [2.05, 4.69) is 18.0 Å². The van der Waals surface area contributed by atoms with E-state index in [0.717, 1.165) is 12.8 Å². The van der Waals surface area contributed by atoms with E-state index in [-0.39, 0.29) is 17.2 Å². The van der Waals surface area contributed by atoms with Crippen LogP contribution in [0.5, 0.6) is 0 Å². The van der Waals surface area contributed by atoms with Crippen LogP contribution in [-0.4, -0.2) is 23.8 Å². The third-order valence-corrected chi connectivity index (χ3v) is 2.53. The number of quaternary nitrogens is 1. The fourth-order valence-electron chi connectivity index (χ4n) is 2.32. The van der Waals surface area contributed by atoms with Gasteiger partial charge in [0.25, 0.3) is 0 Å². The number of carbonyl (C=O) groups is 1. The molecule has 2 bridgehead atoms. The number of fused-ring (bicyclic) bond motifs is 1. The van der Waals surface area contributed by atoms with Gasteiger partial charge in [-0.1, -0.05) is 0 Å². The molecule has 3 aliphatic rings. The van der Waals surface area contributed by atoms with Gasteiger partial charge in [-0.3, -0.25) is 11.1 Å². The van der Waals surface area contributed by atoms with Crippen molar-refractivity contribution in [3.63, 3.8) is 0 Å². The molecular formula is C7H13N2O2+. The average molecular weight is 157 g/mol. The molecule has 3 fully saturated rings. The summed E-state index contributed by atoms with van der Waals surface area (Å²) in [5.41, 5.74) is 3.27. The summed E-state index contributed by atoms with van der Waals surface area (Å²) in [5.74, 6) is 0. The Balaban J connectivity index is 2.02. The van der Waals surface area contributed by atoms with Crippen molar-refractivity contribution in [2.24, 2.45) is 0 Å². The largest absolute Gasteiger partial charge is 0.412 e. The zero-order valence-corrected chi connectivity index (χ0v) is 6.64. The van der Waals surface area contributed by atoms with Crippen molar-refractivity contribution in [3.8, 4) is 0 Å². The lowest BCUT2D eigenvalue weighted by molar-refractivity contribution is -0.253. The van der Waals surface area contributed by atoms with Gasteiger partial charge < -0.3 is 4.74 Å². The van der Waals surface area contributed by atoms with E-state index in [0.29, 0.717) is 6.61 Å². The van der Waals surface area contributed by atoms with Gasteiger partial charge in [-0.2, -0.15) is 0 Å². The summed E-state index contributed by atoms with van der Waals surface area (Å²) in [6.07, 6.45) is 1.89. The first-order valence-electron chi connectivity index (χ1n) is 3.82. The van der Waals surface area contributed by atoms with Gasteiger partial charge >= 0.3 is 6.03 Å². The van der Waals surface area contributed by atoms with E-state index in [1.54, 1.807) is 0 Å². The molecule has 11 heavy (non-hydrogen) atoms. The lowest BCUT2D eigenvalue weighted by Gasteiger charge is -2.41. The van der Waals surface area contributed by atoms with Crippen molar-refractivity contribution < 1.29 is 15.3 Å². The molecule has 0 unspecified atom stereocenters. The predicted octanol–water partition coefficient (Wildman–Crippen LogP) is -0.741. The Morgan fingerprint density at radius 1 is 1.64 bits per heavy atom. The smallest absolute Gasteiger partial charge is 0.373 e. The fraction of sp³-hybridized carbons (Fsp3) is 0.857. The van der Waals surface area contributed by atoms with Crippen molar-refractivity contribution >= 4 is 6.03 Å². The van der Waals surface area contributed by atoms with E-state index >= 15 is 0 Å². The lowest BCUT2D eigenvalue weighted by atomic mass is 9.69. The Bertz CT molecular complexity index is 208. The van der Waals surface area contributed by atoms with Crippen LogP contribution in [0.2, 0.25) is 0 Å². The van der Waals surface area contributed by atoms with E-state index in [4.69, 9.17) is 4.74 Å². The standard InChI is InChI=1S/C7H12N2O2/c1-6-2-7(3-6,4-11-6)9-5(8)10/h2-4H2,1H3,(H3,8,9,10)/p+1. The summed E-state index contributed by atoms with van der Waals surface area (Å²) in [5, 5.41) is 2.83. The van der Waals surface area contributed by atoms with Crippen LogP contribution in [0.4, 0.5) is 4.79 Å². The van der Waals surface area contributed by atoms with Crippen molar-refractivity contribution in [3.05, 3.63) is 0 Å². The van der Waals surface area contributed by atoms with Crippen LogP contribution >= 0.6 is 0 Å². The van der Waals surface area contributed by atoms with Gasteiger partial charge in [-0.05, 0) is 6.92 Å². The summed E-state index contributed by atoms with van der Waals surface area (Å²) >= 11 is 0. The minimum absolute atomic E-state index is 0.0441. The van der Waals surface area contributed by atoms with Crippen molar-refractivity contribution in [2.45, 2.75) is 30.9 Å². The molecule has 2 heterocycles. The summed E-state index contributed by atoms with van der Waals surface area (Å²) in [6.45, 7) is 2.73. The maximum atomic E-state index is 10.7. The number of rotatable bonds is 1. The third-order valence-electron chi connectivity index (χ3n) is 2.53. The second-order valence-corrected chi connectivity index (χ2v) is 3.92. The molecule has 1 saturated carbocycles. The summed E-state index contributed by atoms with van der Waals surface area (Å²) in [4.78, 5) is 10.7. The first-order chi connectivity index (χ1) is 5.04. The molecule has 2 amide bonds. The molecule has 0 radical (unpaired) electrons. The molecule has 3 rings (SSSR count). The van der Waals surface area contributed by atoms with E-state index in [1.807, 2.05) is 0 Å². The Hall–Kier alpha value is -0.610. The zero-order valence-electron chi connectivity index (χ0n) is 6.64. The number of hydrogen-bond acceptors (Lipinski definition) is 2. The Morgan fingerprint density at radius 2 is 2.27 bits per heavy atom. The molecule has 0 aromatic rings. The van der Waals surface area contributed by atoms with Crippen LogP contribution in [0.25, 0.3) is 0 Å². The highest BCUT2D eigenvalue weighted by Gasteiger charge is 2.60. The zero-order chi connectivity index (χ0) is 8.11. The van der Waals surface area contributed by atoms with Crippen molar-refractivity contribution in [1.29, 1.82) is 0 Å². The van der Waals surface area contributed by atoms with E-state index in [1.165, 1.54) is 0 Å². The average Bonchev–Trinajstić information content (AvgIpc) is 2.17. The molecule has 0 atom stereocenters. The summed E-state index contributed by atoms with van der Waals surface area (Å²) in [6, 6.07) is -0.197. The molecule has 62 valence electrons. The summed E-state index contributed by atoms with van der Waals surface area (Å²) < 4.78 is 5.48. The number of nitrogens with one attached hydrogen (secondary N) is 1. The maximum absolute atomic E-state index is 10.7. The van der Waals surface area contributed by atoms with Gasteiger partial charge in [0.15, 0.2) is 0 Å². The third kappa shape index (κ3) is 0.937. The van der Waals surface area contributed by atoms with E-state index in [9.17, 15) is 4.79 Å². The number of hydrogen-bond donors (Lipinski definition) is 2. The monoisotopic (exact) mass is 157 g/mol. The highest BCUT2D eigenvalue weighted by Crippen LogP contribution is 2.50. The van der Waals surface area contributed by atoms with Gasteiger partial charge in [0.1, 0.15) is 0 Å². The topological polar surface area (TPSA) is 66.0 Å². The first-order valence-corrected chi connectivity index (χ1v) is 3.82. The molecule has 1 aliphatic carbocycles. The predicted molar refractivity (Wildman–Crippen MR) is 37.7 cm³/mol. The molecule has 0 spiro atoms. The molecule has 2 aliphatic heterocycles. The van der Waals surface area contributed by atoms with Crippen LogP contribution < -0.4 is 11.1 Å². The molecule has 4 N–H and O–H groups in total. The molecule has 0 aromatic carbocycles. The second kappa shape index (κ2) is 1.76. The van der Waals surface area contributed by atoms with Crippen LogP contribution in [0.1, 0.15) is 19.8 Å². The highest BCUT2D eigenvalue weighted by molar-refractivity contribution is 5.64. The van der Waals surface area contributed by atoms with Crippen molar-refractivity contribution in [2.75, 3.05) is 6.61 Å². The second-order valence-electron chi connectivity index (χ2n) is 3.92. The highest BCUT2D eigenvalue weighted by atomic mass is 16.5. The fourth-order valence-corrected chi connectivity index (χ4v) is 2.32. The van der Waals surface area contributed by atoms with Gasteiger partial charge in [0.2, 0.25) is 0 Å². The summed E-state index contributed by atoms with van der Waals surface area (Å²) in [7, 11) is 0. The van der Waals surface area contributed by atoms with Crippen LogP contribution in [0.15, 0.2) is 0 Å². The molecule has 4 nitrogen and oxygen atoms in total. The molecule has 4 heteroatoms. The quantitative estimate of drug-likeness (QED) is 0.526. The minimum Gasteiger partial charge on any atom is -0.373 e. The van der Waals surface area contributed by atoms with Gasteiger partial charge in [0.05, 0.1) is 17.7 Å². The van der Waals surface area contributed by atoms with Crippen LogP contribution in [0.3, 0.4) is 0 Å². The van der Waals surface area contributed by atoms with Crippen LogP contribution in [-0.2, 0) is 4.74 Å². The maximum Gasteiger partial charge on any atom is 0.412 e. The minimum atomic E-state index is -0.197. The van der Waals surface area contributed by atoms with Gasteiger partial charge in [-0.25, -0.2) is 4.79 Å². The number of urea groups is 1. The SMILES string of the molecule is CC12CC(NC([NH3+])=O)(CO1)C2. The molecular weight excluding hydrogens is 144 g/mol. The van der Waals surface area contributed by atoms with Gasteiger partial charge in [0, 0.05) is 12.8 Å². The van der Waals surface area contributed by atoms with E-state index < -0.39 is 0 Å². The van der Waals surface area contributed by atoms with Crippen LogP contribution in [0, 0.1) is 0 Å². The number of amides is 2.